The number of hydrogen-bond acceptors (Lipinski definition) is 4. The zero-order valence-electron chi connectivity index (χ0n) is 10.2. The molecule has 1 fully saturated rings. The Morgan fingerprint density at radius 1 is 1.21 bits per heavy atom. The molecule has 1 heterocycles. The lowest BCUT2D eigenvalue weighted by atomic mass is 10.0. The van der Waals surface area contributed by atoms with E-state index in [1.165, 1.54) is 17.0 Å². The van der Waals surface area contributed by atoms with Gasteiger partial charge in [0.15, 0.2) is 0 Å². The number of benzene rings is 1. The zero-order valence-corrected chi connectivity index (χ0v) is 10.2. The van der Waals surface area contributed by atoms with Crippen molar-refractivity contribution < 1.29 is 24.9 Å². The van der Waals surface area contributed by atoms with Crippen LogP contribution >= 0.6 is 0 Å². The molecule has 1 atom stereocenters. The van der Waals surface area contributed by atoms with Crippen LogP contribution in [0.5, 0.6) is 11.5 Å². The molecule has 6 nitrogen and oxygen atoms in total. The summed E-state index contributed by atoms with van der Waals surface area (Å²) < 4.78 is 0. The predicted octanol–water partition coefficient (Wildman–Crippen LogP) is 1.18. The highest BCUT2D eigenvalue weighted by molar-refractivity contribution is 5.99. The van der Waals surface area contributed by atoms with Crippen LogP contribution in [0.25, 0.3) is 0 Å². The van der Waals surface area contributed by atoms with Gasteiger partial charge in [-0.25, -0.2) is 4.79 Å². The van der Waals surface area contributed by atoms with Crippen molar-refractivity contribution in [2.45, 2.75) is 25.3 Å². The highest BCUT2D eigenvalue weighted by Crippen LogP contribution is 2.26. The summed E-state index contributed by atoms with van der Waals surface area (Å²) in [7, 11) is 0. The number of hydrogen-bond donors (Lipinski definition) is 3. The van der Waals surface area contributed by atoms with Gasteiger partial charge in [-0.1, -0.05) is 0 Å². The van der Waals surface area contributed by atoms with Gasteiger partial charge in [0.05, 0.1) is 5.56 Å². The Hall–Kier alpha value is -2.24. The van der Waals surface area contributed by atoms with E-state index in [2.05, 4.69) is 0 Å². The molecule has 1 aliphatic rings. The second-order valence-electron chi connectivity index (χ2n) is 4.55. The molecule has 1 amide bonds. The summed E-state index contributed by atoms with van der Waals surface area (Å²) in [6.07, 6.45) is 1.93. The van der Waals surface area contributed by atoms with Crippen molar-refractivity contribution in [2.75, 3.05) is 6.54 Å². The van der Waals surface area contributed by atoms with Crippen LogP contribution in [0.2, 0.25) is 0 Å². The predicted molar refractivity (Wildman–Crippen MR) is 66.1 cm³/mol. The van der Waals surface area contributed by atoms with E-state index in [1.54, 1.807) is 0 Å². The van der Waals surface area contributed by atoms with Gasteiger partial charge in [-0.2, -0.15) is 0 Å². The summed E-state index contributed by atoms with van der Waals surface area (Å²) in [4.78, 5) is 24.7. The lowest BCUT2D eigenvalue weighted by Crippen LogP contribution is -2.47. The van der Waals surface area contributed by atoms with Crippen LogP contribution in [-0.4, -0.2) is 44.7 Å². The Bertz CT molecular complexity index is 514. The number of amides is 1. The molecular weight excluding hydrogens is 250 g/mol. The number of carboxylic acids is 1. The first-order valence-corrected chi connectivity index (χ1v) is 6.06. The molecule has 1 saturated heterocycles. The minimum absolute atomic E-state index is 0.00551. The number of aromatic hydroxyl groups is 2. The molecular formula is C13H15NO5. The molecule has 19 heavy (non-hydrogen) atoms. The average molecular weight is 265 g/mol. The Kier molecular flexibility index (Phi) is 3.59. The molecule has 1 aliphatic heterocycles. The molecule has 0 bridgehead atoms. The van der Waals surface area contributed by atoms with E-state index < -0.39 is 17.9 Å². The Morgan fingerprint density at radius 3 is 2.58 bits per heavy atom. The molecule has 1 aromatic carbocycles. The Labute approximate surface area is 109 Å². The number of phenols is 2. The lowest BCUT2D eigenvalue weighted by molar-refractivity contribution is -0.143. The van der Waals surface area contributed by atoms with Crippen LogP contribution in [-0.2, 0) is 4.79 Å². The fraction of sp³-hybridized carbons (Fsp3) is 0.385. The quantitative estimate of drug-likeness (QED) is 0.745. The highest BCUT2D eigenvalue weighted by Gasteiger charge is 2.33. The van der Waals surface area contributed by atoms with Crippen LogP contribution in [0.15, 0.2) is 18.2 Å². The minimum atomic E-state index is -1.04. The number of carboxylic acid groups (broad SMARTS) is 1. The fourth-order valence-electron chi connectivity index (χ4n) is 2.29. The summed E-state index contributed by atoms with van der Waals surface area (Å²) >= 11 is 0. The maximum atomic E-state index is 12.3. The van der Waals surface area contributed by atoms with Gasteiger partial charge in [0.1, 0.15) is 17.5 Å². The molecule has 0 radical (unpaired) electrons. The van der Waals surface area contributed by atoms with Gasteiger partial charge in [0, 0.05) is 12.6 Å². The number of carbonyl (C=O) groups excluding carboxylic acids is 1. The van der Waals surface area contributed by atoms with Crippen LogP contribution in [0.4, 0.5) is 0 Å². The van der Waals surface area contributed by atoms with Gasteiger partial charge in [-0.15, -0.1) is 0 Å². The third kappa shape index (κ3) is 2.62. The second-order valence-corrected chi connectivity index (χ2v) is 4.55. The third-order valence-corrected chi connectivity index (χ3v) is 3.26. The molecule has 1 aromatic rings. The summed E-state index contributed by atoms with van der Waals surface area (Å²) in [5.41, 5.74) is 0.00551. The largest absolute Gasteiger partial charge is 0.508 e. The number of likely N-dealkylation sites (tertiary alicyclic amines) is 1. The number of piperidine rings is 1. The summed E-state index contributed by atoms with van der Waals surface area (Å²) in [6, 6.07) is 2.79. The van der Waals surface area contributed by atoms with Crippen LogP contribution < -0.4 is 0 Å². The van der Waals surface area contributed by atoms with Gasteiger partial charge in [-0.05, 0) is 31.4 Å². The molecule has 0 unspecified atom stereocenters. The first-order chi connectivity index (χ1) is 9.00. The van der Waals surface area contributed by atoms with Crippen molar-refractivity contribution in [1.29, 1.82) is 0 Å². The van der Waals surface area contributed by atoms with E-state index >= 15 is 0 Å². The van der Waals surface area contributed by atoms with Crippen LogP contribution in [0.3, 0.4) is 0 Å². The number of carbonyl (C=O) groups is 2. The lowest BCUT2D eigenvalue weighted by Gasteiger charge is -2.33. The maximum Gasteiger partial charge on any atom is 0.326 e. The van der Waals surface area contributed by atoms with Crippen molar-refractivity contribution in [3.05, 3.63) is 23.8 Å². The monoisotopic (exact) mass is 265 g/mol. The number of phenolic OH excluding ortho intramolecular Hbond substituents is 2. The third-order valence-electron chi connectivity index (χ3n) is 3.26. The molecule has 6 heteroatoms. The average Bonchev–Trinajstić information content (AvgIpc) is 2.38. The van der Waals surface area contributed by atoms with Crippen molar-refractivity contribution in [3.63, 3.8) is 0 Å². The zero-order chi connectivity index (χ0) is 14.0. The number of nitrogens with zero attached hydrogens (tertiary/aromatic N) is 1. The Morgan fingerprint density at radius 2 is 1.95 bits per heavy atom. The van der Waals surface area contributed by atoms with E-state index in [0.29, 0.717) is 13.0 Å². The topological polar surface area (TPSA) is 98.1 Å². The summed E-state index contributed by atoms with van der Waals surface area (Å²) in [6.45, 7) is 0.357. The first-order valence-electron chi connectivity index (χ1n) is 6.06. The smallest absolute Gasteiger partial charge is 0.326 e. The van der Waals surface area contributed by atoms with Crippen LogP contribution in [0.1, 0.15) is 29.6 Å². The molecule has 102 valence electrons. The SMILES string of the molecule is O=C(O)[C@@H]1CCCCN1C(=O)c1ccc(O)cc1O. The van der Waals surface area contributed by atoms with Gasteiger partial charge >= 0.3 is 5.97 Å². The first kappa shape index (κ1) is 13.2. The van der Waals surface area contributed by atoms with Crippen molar-refractivity contribution in [3.8, 4) is 11.5 Å². The summed E-state index contributed by atoms with van der Waals surface area (Å²) in [5, 5.41) is 28.0. The van der Waals surface area contributed by atoms with E-state index in [1.807, 2.05) is 0 Å². The second kappa shape index (κ2) is 5.17. The molecule has 3 N–H and O–H groups in total. The summed E-state index contributed by atoms with van der Waals surface area (Å²) in [5.74, 6) is -2.06. The van der Waals surface area contributed by atoms with E-state index in [0.717, 1.165) is 18.9 Å². The molecule has 0 aliphatic carbocycles. The van der Waals surface area contributed by atoms with E-state index in [4.69, 9.17) is 5.11 Å². The van der Waals surface area contributed by atoms with Gasteiger partial charge < -0.3 is 20.2 Å². The van der Waals surface area contributed by atoms with Gasteiger partial charge in [-0.3, -0.25) is 4.79 Å². The van der Waals surface area contributed by atoms with Gasteiger partial charge in [0.2, 0.25) is 0 Å². The highest BCUT2D eigenvalue weighted by atomic mass is 16.4. The number of aliphatic carboxylic acids is 1. The Balaban J connectivity index is 2.28. The normalized spacial score (nSPS) is 19.2. The molecule has 0 aromatic heterocycles. The molecule has 0 spiro atoms. The van der Waals surface area contributed by atoms with E-state index in [-0.39, 0.29) is 17.1 Å². The molecule has 0 saturated carbocycles. The van der Waals surface area contributed by atoms with Crippen molar-refractivity contribution in [2.24, 2.45) is 0 Å². The van der Waals surface area contributed by atoms with Crippen molar-refractivity contribution in [1.82, 2.24) is 4.90 Å². The van der Waals surface area contributed by atoms with E-state index in [9.17, 15) is 19.8 Å². The van der Waals surface area contributed by atoms with Crippen molar-refractivity contribution >= 4 is 11.9 Å². The minimum Gasteiger partial charge on any atom is -0.508 e. The standard InChI is InChI=1S/C13H15NO5/c15-8-4-5-9(11(16)7-8)12(17)14-6-2-1-3-10(14)13(18)19/h4-5,7,10,15-16H,1-3,6H2,(H,18,19)/t10-/m0/s1. The van der Waals surface area contributed by atoms with Crippen LogP contribution in [0, 0.1) is 0 Å². The number of rotatable bonds is 2. The maximum absolute atomic E-state index is 12.3. The molecule has 2 rings (SSSR count). The van der Waals surface area contributed by atoms with Gasteiger partial charge in [0.25, 0.3) is 5.91 Å². The fourth-order valence-corrected chi connectivity index (χ4v) is 2.29.